The van der Waals surface area contributed by atoms with Gasteiger partial charge in [-0.3, -0.25) is 0 Å². The van der Waals surface area contributed by atoms with Crippen LogP contribution in [0.15, 0.2) is 18.2 Å². The maximum absolute atomic E-state index is 13.4. The molecule has 0 bridgehead atoms. The lowest BCUT2D eigenvalue weighted by Gasteiger charge is -2.30. The lowest BCUT2D eigenvalue weighted by Crippen LogP contribution is -2.26. The Bertz CT molecular complexity index is 338. The Kier molecular flexibility index (Phi) is 2.42. The summed E-state index contributed by atoms with van der Waals surface area (Å²) >= 11 is 0. The van der Waals surface area contributed by atoms with Gasteiger partial charge < -0.3 is 9.64 Å². The van der Waals surface area contributed by atoms with Crippen molar-refractivity contribution in [2.45, 2.75) is 12.5 Å². The van der Waals surface area contributed by atoms with Crippen LogP contribution in [0.25, 0.3) is 0 Å². The molecule has 0 fully saturated rings. The van der Waals surface area contributed by atoms with Gasteiger partial charge in [-0.2, -0.15) is 0 Å². The van der Waals surface area contributed by atoms with Crippen molar-refractivity contribution in [3.05, 3.63) is 29.6 Å². The Labute approximate surface area is 83.3 Å². The summed E-state index contributed by atoms with van der Waals surface area (Å²) in [5.74, 6) is 0.173. The van der Waals surface area contributed by atoms with E-state index < -0.39 is 0 Å². The van der Waals surface area contributed by atoms with E-state index in [2.05, 4.69) is 4.90 Å². The van der Waals surface area contributed by atoms with E-state index in [-0.39, 0.29) is 11.9 Å². The van der Waals surface area contributed by atoms with E-state index in [0.29, 0.717) is 12.4 Å². The number of hydrogen-bond donors (Lipinski definition) is 0. The minimum Gasteiger partial charge on any atom is -0.490 e. The van der Waals surface area contributed by atoms with Gasteiger partial charge in [-0.05, 0) is 20.2 Å². The van der Waals surface area contributed by atoms with Crippen LogP contribution >= 0.6 is 0 Å². The molecule has 0 saturated carbocycles. The molecule has 0 N–H and O–H groups in total. The van der Waals surface area contributed by atoms with E-state index in [1.54, 1.807) is 6.07 Å². The minimum absolute atomic E-state index is 0.256. The summed E-state index contributed by atoms with van der Waals surface area (Å²) in [6.45, 7) is 0.594. The van der Waals surface area contributed by atoms with Crippen LogP contribution in [0.5, 0.6) is 5.75 Å². The normalized spacial score (nSPS) is 20.4. The van der Waals surface area contributed by atoms with Gasteiger partial charge in [-0.25, -0.2) is 4.39 Å². The first-order valence-electron chi connectivity index (χ1n) is 4.78. The summed E-state index contributed by atoms with van der Waals surface area (Å²) in [6.07, 6.45) is 0.920. The zero-order valence-corrected chi connectivity index (χ0v) is 8.46. The standard InChI is InChI=1S/C11H14FNO/c1-13(2)10-6-7-14-11-8(10)4-3-5-9(11)12/h3-5,10H,6-7H2,1-2H3. The number of benzene rings is 1. The van der Waals surface area contributed by atoms with Gasteiger partial charge in [0, 0.05) is 18.0 Å². The van der Waals surface area contributed by atoms with E-state index in [9.17, 15) is 4.39 Å². The molecular weight excluding hydrogens is 181 g/mol. The van der Waals surface area contributed by atoms with Gasteiger partial charge >= 0.3 is 0 Å². The van der Waals surface area contributed by atoms with Gasteiger partial charge in [-0.15, -0.1) is 0 Å². The first-order chi connectivity index (χ1) is 6.70. The molecule has 14 heavy (non-hydrogen) atoms. The third-order valence-corrected chi connectivity index (χ3v) is 2.62. The maximum Gasteiger partial charge on any atom is 0.165 e. The highest BCUT2D eigenvalue weighted by Crippen LogP contribution is 2.36. The lowest BCUT2D eigenvalue weighted by atomic mass is 9.99. The number of nitrogens with zero attached hydrogens (tertiary/aromatic N) is 1. The molecule has 1 heterocycles. The first-order valence-corrected chi connectivity index (χ1v) is 4.78. The summed E-state index contributed by atoms with van der Waals surface area (Å²) in [7, 11) is 4.01. The molecule has 1 aliphatic heterocycles. The third-order valence-electron chi connectivity index (χ3n) is 2.62. The number of ether oxygens (including phenoxy) is 1. The summed E-state index contributed by atoms with van der Waals surface area (Å²) in [5.41, 5.74) is 0.959. The first kappa shape index (κ1) is 9.46. The van der Waals surface area contributed by atoms with Crippen LogP contribution in [0.4, 0.5) is 4.39 Å². The highest BCUT2D eigenvalue weighted by atomic mass is 19.1. The van der Waals surface area contributed by atoms with Crippen molar-refractivity contribution < 1.29 is 9.13 Å². The molecule has 1 aromatic carbocycles. The van der Waals surface area contributed by atoms with Crippen molar-refractivity contribution in [3.63, 3.8) is 0 Å². The van der Waals surface area contributed by atoms with Crippen LogP contribution in [0.1, 0.15) is 18.0 Å². The lowest BCUT2D eigenvalue weighted by molar-refractivity contribution is 0.183. The van der Waals surface area contributed by atoms with Gasteiger partial charge in [0.25, 0.3) is 0 Å². The van der Waals surface area contributed by atoms with Crippen molar-refractivity contribution in [1.29, 1.82) is 0 Å². The van der Waals surface area contributed by atoms with Crippen LogP contribution in [0.2, 0.25) is 0 Å². The van der Waals surface area contributed by atoms with E-state index in [4.69, 9.17) is 4.74 Å². The molecule has 1 aliphatic rings. The Morgan fingerprint density at radius 2 is 2.21 bits per heavy atom. The van der Waals surface area contributed by atoms with E-state index in [0.717, 1.165) is 12.0 Å². The zero-order valence-electron chi connectivity index (χ0n) is 8.46. The molecule has 0 saturated heterocycles. The minimum atomic E-state index is -0.256. The summed E-state index contributed by atoms with van der Waals surface area (Å²) in [4.78, 5) is 2.10. The second kappa shape index (κ2) is 3.58. The number of rotatable bonds is 1. The van der Waals surface area contributed by atoms with Gasteiger partial charge in [-0.1, -0.05) is 12.1 Å². The van der Waals surface area contributed by atoms with Crippen molar-refractivity contribution in [2.24, 2.45) is 0 Å². The number of halogens is 1. The van der Waals surface area contributed by atoms with Crippen molar-refractivity contribution in [2.75, 3.05) is 20.7 Å². The fraction of sp³-hybridized carbons (Fsp3) is 0.455. The molecule has 1 atom stereocenters. The average molecular weight is 195 g/mol. The fourth-order valence-corrected chi connectivity index (χ4v) is 1.90. The fourth-order valence-electron chi connectivity index (χ4n) is 1.90. The topological polar surface area (TPSA) is 12.5 Å². The van der Waals surface area contributed by atoms with Crippen molar-refractivity contribution >= 4 is 0 Å². The highest BCUT2D eigenvalue weighted by molar-refractivity contribution is 5.38. The molecule has 76 valence electrons. The summed E-state index contributed by atoms with van der Waals surface area (Å²) < 4.78 is 18.7. The zero-order chi connectivity index (χ0) is 10.1. The molecule has 0 aromatic heterocycles. The van der Waals surface area contributed by atoms with Crippen molar-refractivity contribution in [1.82, 2.24) is 4.90 Å². The SMILES string of the molecule is CN(C)C1CCOc2c(F)cccc21. The number of para-hydroxylation sites is 1. The van der Waals surface area contributed by atoms with Crippen LogP contribution in [-0.4, -0.2) is 25.6 Å². The van der Waals surface area contributed by atoms with Crippen LogP contribution in [0.3, 0.4) is 0 Å². The largest absolute Gasteiger partial charge is 0.490 e. The number of fused-ring (bicyclic) bond motifs is 1. The van der Waals surface area contributed by atoms with Crippen LogP contribution in [0, 0.1) is 5.82 Å². The third kappa shape index (κ3) is 1.48. The van der Waals surface area contributed by atoms with Gasteiger partial charge in [0.15, 0.2) is 11.6 Å². The molecule has 0 radical (unpaired) electrons. The molecular formula is C11H14FNO. The van der Waals surface area contributed by atoms with Gasteiger partial charge in [0.2, 0.25) is 0 Å². The molecule has 1 aromatic rings. The Hall–Kier alpha value is -1.09. The molecule has 0 amide bonds. The average Bonchev–Trinajstić information content (AvgIpc) is 2.17. The van der Waals surface area contributed by atoms with Gasteiger partial charge in [0.1, 0.15) is 0 Å². The second-order valence-corrected chi connectivity index (χ2v) is 3.77. The van der Waals surface area contributed by atoms with E-state index in [1.807, 2.05) is 20.2 Å². The maximum atomic E-state index is 13.4. The molecule has 0 spiro atoms. The highest BCUT2D eigenvalue weighted by Gasteiger charge is 2.24. The quantitative estimate of drug-likeness (QED) is 0.681. The van der Waals surface area contributed by atoms with Crippen molar-refractivity contribution in [3.8, 4) is 5.75 Å². The Morgan fingerprint density at radius 1 is 1.43 bits per heavy atom. The Morgan fingerprint density at radius 3 is 2.93 bits per heavy atom. The molecule has 1 unspecified atom stereocenters. The molecule has 3 heteroatoms. The van der Waals surface area contributed by atoms with E-state index >= 15 is 0 Å². The smallest absolute Gasteiger partial charge is 0.165 e. The Balaban J connectivity index is 2.44. The second-order valence-electron chi connectivity index (χ2n) is 3.77. The summed E-state index contributed by atoms with van der Waals surface area (Å²) in [5, 5.41) is 0. The molecule has 0 aliphatic carbocycles. The van der Waals surface area contributed by atoms with Crippen LogP contribution in [-0.2, 0) is 0 Å². The van der Waals surface area contributed by atoms with E-state index in [1.165, 1.54) is 6.07 Å². The van der Waals surface area contributed by atoms with Gasteiger partial charge in [0.05, 0.1) is 6.61 Å². The molecule has 2 rings (SSSR count). The monoisotopic (exact) mass is 195 g/mol. The van der Waals surface area contributed by atoms with Crippen LogP contribution < -0.4 is 4.74 Å². The molecule has 2 nitrogen and oxygen atoms in total. The number of hydrogen-bond acceptors (Lipinski definition) is 2. The summed E-state index contributed by atoms with van der Waals surface area (Å²) in [6, 6.07) is 5.38. The predicted octanol–water partition coefficient (Wildman–Crippen LogP) is 2.21. The predicted molar refractivity (Wildman–Crippen MR) is 52.9 cm³/mol.